The lowest BCUT2D eigenvalue weighted by Gasteiger charge is -2.20. The number of likely N-dealkylation sites (N-methyl/N-ethyl adjacent to an activating group) is 1. The van der Waals surface area contributed by atoms with Crippen molar-refractivity contribution in [2.45, 2.75) is 6.04 Å². The molecule has 5 heteroatoms. The highest BCUT2D eigenvalue weighted by Crippen LogP contribution is 1.90. The molecule has 0 aromatic heterocycles. The lowest BCUT2D eigenvalue weighted by atomic mass is 10.2. The standard InChI is InChI=1S/C7H16N2O3/c1-9(2)6(5-11)7(12)8-3-4-10/h6,10-11H,3-5H2,1-2H3,(H,8,12). The molecule has 0 aliphatic carbocycles. The first-order valence-electron chi connectivity index (χ1n) is 3.79. The Labute approximate surface area is 72.0 Å². The molecule has 0 aliphatic rings. The van der Waals surface area contributed by atoms with Crippen molar-refractivity contribution in [3.05, 3.63) is 0 Å². The normalized spacial score (nSPS) is 13.1. The smallest absolute Gasteiger partial charge is 0.239 e. The van der Waals surface area contributed by atoms with Crippen LogP contribution in [0.1, 0.15) is 0 Å². The van der Waals surface area contributed by atoms with Gasteiger partial charge in [0.2, 0.25) is 5.91 Å². The zero-order valence-corrected chi connectivity index (χ0v) is 7.45. The summed E-state index contributed by atoms with van der Waals surface area (Å²) in [4.78, 5) is 12.8. The van der Waals surface area contributed by atoms with E-state index in [1.807, 2.05) is 0 Å². The third-order valence-corrected chi connectivity index (χ3v) is 1.51. The summed E-state index contributed by atoms with van der Waals surface area (Å²) >= 11 is 0. The average Bonchev–Trinajstić information content (AvgIpc) is 2.01. The van der Waals surface area contributed by atoms with Crippen LogP contribution >= 0.6 is 0 Å². The predicted molar refractivity (Wildman–Crippen MR) is 44.7 cm³/mol. The van der Waals surface area contributed by atoms with Crippen LogP contribution in [0.2, 0.25) is 0 Å². The zero-order valence-electron chi connectivity index (χ0n) is 7.45. The minimum atomic E-state index is -0.531. The molecule has 0 aromatic rings. The van der Waals surface area contributed by atoms with Gasteiger partial charge in [-0.2, -0.15) is 0 Å². The quantitative estimate of drug-likeness (QED) is 0.454. The lowest BCUT2D eigenvalue weighted by Crippen LogP contribution is -2.46. The van der Waals surface area contributed by atoms with Crippen LogP contribution in [0.4, 0.5) is 0 Å². The molecule has 0 bridgehead atoms. The van der Waals surface area contributed by atoms with E-state index in [1.165, 1.54) is 0 Å². The first-order chi connectivity index (χ1) is 5.63. The van der Waals surface area contributed by atoms with Gasteiger partial charge in [-0.25, -0.2) is 0 Å². The van der Waals surface area contributed by atoms with Crippen molar-refractivity contribution in [2.75, 3.05) is 33.9 Å². The van der Waals surface area contributed by atoms with Crippen LogP contribution in [0.15, 0.2) is 0 Å². The second-order valence-electron chi connectivity index (χ2n) is 2.68. The zero-order chi connectivity index (χ0) is 9.56. The summed E-state index contributed by atoms with van der Waals surface area (Å²) in [6.07, 6.45) is 0. The van der Waals surface area contributed by atoms with Crippen LogP contribution in [0.3, 0.4) is 0 Å². The topological polar surface area (TPSA) is 72.8 Å². The molecule has 0 aliphatic heterocycles. The van der Waals surface area contributed by atoms with Crippen molar-refractivity contribution in [3.63, 3.8) is 0 Å². The highest BCUT2D eigenvalue weighted by atomic mass is 16.3. The molecule has 0 heterocycles. The maximum absolute atomic E-state index is 11.2. The van der Waals surface area contributed by atoms with Gasteiger partial charge in [0.15, 0.2) is 0 Å². The molecular formula is C7H16N2O3. The van der Waals surface area contributed by atoms with Gasteiger partial charge >= 0.3 is 0 Å². The molecule has 0 spiro atoms. The third kappa shape index (κ3) is 3.66. The summed E-state index contributed by atoms with van der Waals surface area (Å²) in [5, 5.41) is 19.7. The van der Waals surface area contributed by atoms with Gasteiger partial charge in [-0.3, -0.25) is 9.69 Å². The van der Waals surface area contributed by atoms with Crippen LogP contribution < -0.4 is 5.32 Å². The Morgan fingerprint density at radius 1 is 1.50 bits per heavy atom. The first kappa shape index (κ1) is 11.4. The van der Waals surface area contributed by atoms with Gasteiger partial charge in [-0.05, 0) is 14.1 Å². The van der Waals surface area contributed by atoms with E-state index in [1.54, 1.807) is 19.0 Å². The molecule has 1 unspecified atom stereocenters. The van der Waals surface area contributed by atoms with Crippen LogP contribution in [-0.4, -0.2) is 60.9 Å². The summed E-state index contributed by atoms with van der Waals surface area (Å²) < 4.78 is 0. The molecule has 0 aromatic carbocycles. The number of amides is 1. The van der Waals surface area contributed by atoms with Crippen molar-refractivity contribution in [1.29, 1.82) is 0 Å². The highest BCUT2D eigenvalue weighted by molar-refractivity contribution is 5.81. The molecule has 5 nitrogen and oxygen atoms in total. The Bertz CT molecular complexity index is 139. The van der Waals surface area contributed by atoms with Crippen molar-refractivity contribution >= 4 is 5.91 Å². The number of nitrogens with one attached hydrogen (secondary N) is 1. The van der Waals surface area contributed by atoms with E-state index < -0.39 is 6.04 Å². The van der Waals surface area contributed by atoms with Crippen molar-refractivity contribution in [3.8, 4) is 0 Å². The third-order valence-electron chi connectivity index (χ3n) is 1.51. The molecule has 1 amide bonds. The van der Waals surface area contributed by atoms with Crippen LogP contribution in [0.5, 0.6) is 0 Å². The largest absolute Gasteiger partial charge is 0.395 e. The Kier molecular flexibility index (Phi) is 5.61. The summed E-state index contributed by atoms with van der Waals surface area (Å²) in [6.45, 7) is -0.0786. The van der Waals surface area contributed by atoms with Crippen LogP contribution in [0.25, 0.3) is 0 Å². The number of hydrogen-bond donors (Lipinski definition) is 3. The van der Waals surface area contributed by atoms with E-state index in [4.69, 9.17) is 10.2 Å². The Balaban J connectivity index is 3.86. The van der Waals surface area contributed by atoms with E-state index in [2.05, 4.69) is 5.32 Å². The van der Waals surface area contributed by atoms with Gasteiger partial charge in [0.25, 0.3) is 0 Å². The second kappa shape index (κ2) is 5.93. The van der Waals surface area contributed by atoms with Gasteiger partial charge in [0, 0.05) is 6.54 Å². The number of hydrogen-bond acceptors (Lipinski definition) is 4. The number of rotatable bonds is 5. The van der Waals surface area contributed by atoms with Crippen LogP contribution in [-0.2, 0) is 4.79 Å². The summed E-state index contributed by atoms with van der Waals surface area (Å²) in [6, 6.07) is -0.531. The SMILES string of the molecule is CN(C)C(CO)C(=O)NCCO. The minimum Gasteiger partial charge on any atom is -0.395 e. The van der Waals surface area contributed by atoms with E-state index >= 15 is 0 Å². The van der Waals surface area contributed by atoms with Gasteiger partial charge in [-0.1, -0.05) is 0 Å². The van der Waals surface area contributed by atoms with Crippen LogP contribution in [0, 0.1) is 0 Å². The molecular weight excluding hydrogens is 160 g/mol. The lowest BCUT2D eigenvalue weighted by molar-refractivity contribution is -0.126. The molecule has 72 valence electrons. The molecule has 0 saturated heterocycles. The maximum Gasteiger partial charge on any atom is 0.239 e. The molecule has 3 N–H and O–H groups in total. The number of aliphatic hydroxyl groups excluding tert-OH is 2. The molecule has 0 radical (unpaired) electrons. The maximum atomic E-state index is 11.2. The highest BCUT2D eigenvalue weighted by Gasteiger charge is 2.18. The van der Waals surface area contributed by atoms with Crippen molar-refractivity contribution in [1.82, 2.24) is 10.2 Å². The van der Waals surface area contributed by atoms with Gasteiger partial charge < -0.3 is 15.5 Å². The van der Waals surface area contributed by atoms with Gasteiger partial charge in [0.05, 0.1) is 13.2 Å². The number of nitrogens with zero attached hydrogens (tertiary/aromatic N) is 1. The fraction of sp³-hybridized carbons (Fsp3) is 0.857. The monoisotopic (exact) mass is 176 g/mol. The average molecular weight is 176 g/mol. The van der Waals surface area contributed by atoms with E-state index in [0.717, 1.165) is 0 Å². The molecule has 0 fully saturated rings. The fourth-order valence-electron chi connectivity index (χ4n) is 0.778. The molecule has 1 atom stereocenters. The summed E-state index contributed by atoms with van der Waals surface area (Å²) in [7, 11) is 3.42. The minimum absolute atomic E-state index is 0.0860. The predicted octanol–water partition coefficient (Wildman–Crippen LogP) is -1.98. The Hall–Kier alpha value is -0.650. The Morgan fingerprint density at radius 3 is 2.42 bits per heavy atom. The summed E-state index contributed by atoms with van der Waals surface area (Å²) in [5.74, 6) is -0.267. The summed E-state index contributed by atoms with van der Waals surface area (Å²) in [5.41, 5.74) is 0. The second-order valence-corrected chi connectivity index (χ2v) is 2.68. The first-order valence-corrected chi connectivity index (χ1v) is 3.79. The number of carbonyl (C=O) groups is 1. The molecule has 0 saturated carbocycles. The van der Waals surface area contributed by atoms with E-state index in [0.29, 0.717) is 0 Å². The fourth-order valence-corrected chi connectivity index (χ4v) is 0.778. The number of aliphatic hydroxyl groups is 2. The van der Waals surface area contributed by atoms with Gasteiger partial charge in [-0.15, -0.1) is 0 Å². The molecule has 0 rings (SSSR count). The number of carbonyl (C=O) groups excluding carboxylic acids is 1. The van der Waals surface area contributed by atoms with Gasteiger partial charge in [0.1, 0.15) is 6.04 Å². The van der Waals surface area contributed by atoms with Crippen molar-refractivity contribution in [2.24, 2.45) is 0 Å². The Morgan fingerprint density at radius 2 is 2.08 bits per heavy atom. The molecule has 12 heavy (non-hydrogen) atoms. The van der Waals surface area contributed by atoms with E-state index in [-0.39, 0.29) is 25.7 Å². The van der Waals surface area contributed by atoms with Crippen molar-refractivity contribution < 1.29 is 15.0 Å². The van der Waals surface area contributed by atoms with E-state index in [9.17, 15) is 4.79 Å².